The van der Waals surface area contributed by atoms with Gasteiger partial charge in [-0.3, -0.25) is 9.88 Å². The van der Waals surface area contributed by atoms with Crippen molar-refractivity contribution < 1.29 is 4.52 Å². The molecule has 2 aromatic heterocycles. The molecule has 0 N–H and O–H groups in total. The first-order valence-electron chi connectivity index (χ1n) is 8.83. The predicted octanol–water partition coefficient (Wildman–Crippen LogP) is 3.90. The Bertz CT molecular complexity index is 887. The van der Waals surface area contributed by atoms with E-state index in [1.807, 2.05) is 20.9 Å². The molecule has 0 atom stereocenters. The molecule has 3 aromatic rings. The number of benzene rings is 1. The van der Waals surface area contributed by atoms with Crippen molar-refractivity contribution in [2.75, 3.05) is 7.05 Å². The Morgan fingerprint density at radius 3 is 2.65 bits per heavy atom. The number of rotatable bonds is 6. The van der Waals surface area contributed by atoms with E-state index in [1.54, 1.807) is 6.20 Å². The van der Waals surface area contributed by atoms with Crippen LogP contribution in [0, 0.1) is 13.8 Å². The van der Waals surface area contributed by atoms with Crippen molar-refractivity contribution in [3.05, 3.63) is 59.1 Å². The Balaban J connectivity index is 1.72. The largest absolute Gasteiger partial charge is 0.338 e. The molecule has 3 rings (SSSR count). The highest BCUT2D eigenvalue weighted by molar-refractivity contribution is 5.62. The third kappa shape index (κ3) is 4.32. The minimum absolute atomic E-state index is 0.271. The Hall–Kier alpha value is -2.60. The van der Waals surface area contributed by atoms with E-state index in [2.05, 4.69) is 63.1 Å². The summed E-state index contributed by atoms with van der Waals surface area (Å²) in [5, 5.41) is 4.02. The van der Waals surface area contributed by atoms with E-state index < -0.39 is 0 Å². The normalized spacial score (nSPS) is 11.5. The number of nitrogens with zero attached hydrogens (tertiary/aromatic N) is 5. The summed E-state index contributed by atoms with van der Waals surface area (Å²) in [6.45, 7) is 9.46. The van der Waals surface area contributed by atoms with Gasteiger partial charge >= 0.3 is 0 Å². The summed E-state index contributed by atoms with van der Waals surface area (Å²) < 4.78 is 5.34. The second kappa shape index (κ2) is 7.74. The van der Waals surface area contributed by atoms with Crippen molar-refractivity contribution in [3.63, 3.8) is 0 Å². The van der Waals surface area contributed by atoms with Gasteiger partial charge in [0, 0.05) is 24.2 Å². The molecule has 2 heterocycles. The molecule has 0 saturated carbocycles. The molecule has 0 amide bonds. The maximum atomic E-state index is 5.34. The van der Waals surface area contributed by atoms with Crippen LogP contribution < -0.4 is 0 Å². The second-order valence-corrected chi connectivity index (χ2v) is 7.02. The molecule has 0 aliphatic heterocycles. The molecule has 0 aliphatic carbocycles. The van der Waals surface area contributed by atoms with Gasteiger partial charge in [-0.1, -0.05) is 37.2 Å². The van der Waals surface area contributed by atoms with Crippen LogP contribution in [0.4, 0.5) is 0 Å². The zero-order valence-corrected chi connectivity index (χ0v) is 16.0. The SMILES string of the molecule is Cc1cnc(C)c(-c2cccc(CN(C)Cc3nc(C(C)C)no3)c2)n1. The van der Waals surface area contributed by atoms with Gasteiger partial charge in [0.2, 0.25) is 5.89 Å². The van der Waals surface area contributed by atoms with Gasteiger partial charge in [0.15, 0.2) is 5.82 Å². The lowest BCUT2D eigenvalue weighted by molar-refractivity contribution is 0.260. The van der Waals surface area contributed by atoms with Crippen LogP contribution in [0.1, 0.15) is 48.4 Å². The minimum Gasteiger partial charge on any atom is -0.338 e. The van der Waals surface area contributed by atoms with Crippen molar-refractivity contribution in [3.8, 4) is 11.3 Å². The number of hydrogen-bond acceptors (Lipinski definition) is 6. The van der Waals surface area contributed by atoms with Gasteiger partial charge < -0.3 is 4.52 Å². The predicted molar refractivity (Wildman–Crippen MR) is 101 cm³/mol. The average Bonchev–Trinajstić information content (AvgIpc) is 3.06. The van der Waals surface area contributed by atoms with E-state index in [4.69, 9.17) is 4.52 Å². The highest BCUT2D eigenvalue weighted by Gasteiger charge is 2.12. The fourth-order valence-electron chi connectivity index (χ4n) is 2.79. The molecule has 0 fully saturated rings. The molecule has 0 bridgehead atoms. The van der Waals surface area contributed by atoms with Gasteiger partial charge in [-0.15, -0.1) is 0 Å². The molecule has 136 valence electrons. The second-order valence-electron chi connectivity index (χ2n) is 7.02. The number of aromatic nitrogens is 4. The number of aryl methyl sites for hydroxylation is 2. The fourth-order valence-corrected chi connectivity index (χ4v) is 2.79. The van der Waals surface area contributed by atoms with Gasteiger partial charge in [-0.2, -0.15) is 4.98 Å². The molecule has 0 saturated heterocycles. The molecular weight excluding hydrogens is 326 g/mol. The highest BCUT2D eigenvalue weighted by Crippen LogP contribution is 2.22. The Morgan fingerprint density at radius 1 is 1.12 bits per heavy atom. The van der Waals surface area contributed by atoms with Crippen LogP contribution in [0.5, 0.6) is 0 Å². The molecule has 26 heavy (non-hydrogen) atoms. The first-order chi connectivity index (χ1) is 12.4. The summed E-state index contributed by atoms with van der Waals surface area (Å²) in [5.41, 5.74) is 5.09. The van der Waals surface area contributed by atoms with Gasteiger partial charge in [-0.25, -0.2) is 4.98 Å². The van der Waals surface area contributed by atoms with E-state index >= 15 is 0 Å². The maximum absolute atomic E-state index is 5.34. The zero-order valence-electron chi connectivity index (χ0n) is 16.0. The highest BCUT2D eigenvalue weighted by atomic mass is 16.5. The van der Waals surface area contributed by atoms with Crippen LogP contribution in [-0.2, 0) is 13.1 Å². The van der Waals surface area contributed by atoms with Gasteiger partial charge in [0.05, 0.1) is 23.6 Å². The summed E-state index contributed by atoms with van der Waals surface area (Å²) in [4.78, 5) is 15.7. The van der Waals surface area contributed by atoms with Gasteiger partial charge in [0.1, 0.15) is 0 Å². The standard InChI is InChI=1S/C20H25N5O/c1-13(2)20-23-18(26-24-20)12-25(5)11-16-7-6-8-17(9-16)19-15(4)21-10-14(3)22-19/h6-10,13H,11-12H2,1-5H3. The van der Waals surface area contributed by atoms with E-state index in [1.165, 1.54) is 5.56 Å². The number of hydrogen-bond donors (Lipinski definition) is 0. The summed E-state index contributed by atoms with van der Waals surface area (Å²) in [5.74, 6) is 1.67. The van der Waals surface area contributed by atoms with Crippen molar-refractivity contribution in [1.82, 2.24) is 25.0 Å². The molecule has 0 radical (unpaired) electrons. The van der Waals surface area contributed by atoms with E-state index in [9.17, 15) is 0 Å². The molecular formula is C20H25N5O. The quantitative estimate of drug-likeness (QED) is 0.671. The average molecular weight is 351 g/mol. The van der Waals surface area contributed by atoms with Crippen LogP contribution in [0.2, 0.25) is 0 Å². The molecule has 1 aromatic carbocycles. The van der Waals surface area contributed by atoms with Crippen LogP contribution in [-0.4, -0.2) is 32.1 Å². The third-order valence-electron chi connectivity index (χ3n) is 4.13. The summed E-state index contributed by atoms with van der Waals surface area (Å²) in [6.07, 6.45) is 1.80. The Labute approximate surface area is 154 Å². The topological polar surface area (TPSA) is 67.9 Å². The van der Waals surface area contributed by atoms with Crippen molar-refractivity contribution >= 4 is 0 Å². The fraction of sp³-hybridized carbons (Fsp3) is 0.400. The third-order valence-corrected chi connectivity index (χ3v) is 4.13. The van der Waals surface area contributed by atoms with Crippen molar-refractivity contribution in [2.45, 2.75) is 46.7 Å². The monoisotopic (exact) mass is 351 g/mol. The van der Waals surface area contributed by atoms with Gasteiger partial charge in [0.25, 0.3) is 0 Å². The maximum Gasteiger partial charge on any atom is 0.240 e. The molecule has 0 spiro atoms. The van der Waals surface area contributed by atoms with Crippen molar-refractivity contribution in [2.24, 2.45) is 0 Å². The minimum atomic E-state index is 0.271. The summed E-state index contributed by atoms with van der Waals surface area (Å²) in [7, 11) is 2.05. The first kappa shape index (κ1) is 18.2. The Morgan fingerprint density at radius 2 is 1.92 bits per heavy atom. The zero-order chi connectivity index (χ0) is 18.7. The molecule has 0 unspecified atom stereocenters. The first-order valence-corrected chi connectivity index (χ1v) is 8.83. The lowest BCUT2D eigenvalue weighted by atomic mass is 10.1. The smallest absolute Gasteiger partial charge is 0.240 e. The van der Waals surface area contributed by atoms with E-state index in [0.717, 1.165) is 35.0 Å². The molecule has 6 heteroatoms. The Kier molecular flexibility index (Phi) is 5.42. The van der Waals surface area contributed by atoms with E-state index in [-0.39, 0.29) is 5.92 Å². The van der Waals surface area contributed by atoms with Crippen LogP contribution >= 0.6 is 0 Å². The lowest BCUT2D eigenvalue weighted by Crippen LogP contribution is -2.17. The molecule has 6 nitrogen and oxygen atoms in total. The lowest BCUT2D eigenvalue weighted by Gasteiger charge is -2.15. The summed E-state index contributed by atoms with van der Waals surface area (Å²) in [6, 6.07) is 8.42. The van der Waals surface area contributed by atoms with Crippen LogP contribution in [0.3, 0.4) is 0 Å². The van der Waals surface area contributed by atoms with E-state index in [0.29, 0.717) is 12.4 Å². The molecule has 0 aliphatic rings. The van der Waals surface area contributed by atoms with Crippen molar-refractivity contribution in [1.29, 1.82) is 0 Å². The summed E-state index contributed by atoms with van der Waals surface area (Å²) >= 11 is 0. The van der Waals surface area contributed by atoms with Gasteiger partial charge in [-0.05, 0) is 32.5 Å². The van der Waals surface area contributed by atoms with Crippen LogP contribution in [0.25, 0.3) is 11.3 Å². The van der Waals surface area contributed by atoms with Crippen LogP contribution in [0.15, 0.2) is 35.0 Å².